The number of rotatable bonds is 19. The highest BCUT2D eigenvalue weighted by Gasteiger charge is 2.20. The van der Waals surface area contributed by atoms with Crippen LogP contribution in [0.5, 0.6) is 0 Å². The van der Waals surface area contributed by atoms with Crippen molar-refractivity contribution in [2.75, 3.05) is 0 Å². The fourth-order valence-electron chi connectivity index (χ4n) is 3.19. The minimum atomic E-state index is -1.15. The largest absolute Gasteiger partial charge is 0.481 e. The summed E-state index contributed by atoms with van der Waals surface area (Å²) in [7, 11) is 0. The van der Waals surface area contributed by atoms with E-state index in [4.69, 9.17) is 10.2 Å². The highest BCUT2D eigenvalue weighted by atomic mass is 16.4. The van der Waals surface area contributed by atoms with Gasteiger partial charge in [0.2, 0.25) is 0 Å². The van der Waals surface area contributed by atoms with Crippen molar-refractivity contribution < 1.29 is 19.8 Å². The lowest BCUT2D eigenvalue weighted by molar-refractivity contribution is -0.144. The van der Waals surface area contributed by atoms with Gasteiger partial charge in [0.05, 0.1) is 12.3 Å². The third-order valence-corrected chi connectivity index (χ3v) is 4.78. The summed E-state index contributed by atoms with van der Waals surface area (Å²) >= 11 is 0. The molecule has 4 heteroatoms. The van der Waals surface area contributed by atoms with Gasteiger partial charge in [0.15, 0.2) is 0 Å². The van der Waals surface area contributed by atoms with Gasteiger partial charge < -0.3 is 10.2 Å². The molecule has 0 aliphatic heterocycles. The van der Waals surface area contributed by atoms with Crippen molar-refractivity contribution >= 4 is 11.9 Å². The van der Waals surface area contributed by atoms with Crippen LogP contribution < -0.4 is 0 Å². The van der Waals surface area contributed by atoms with Gasteiger partial charge in [0.25, 0.3) is 0 Å². The number of carboxylic acids is 2. The van der Waals surface area contributed by atoms with Crippen LogP contribution in [0.15, 0.2) is 0 Å². The van der Waals surface area contributed by atoms with E-state index >= 15 is 0 Å². The molecule has 0 heterocycles. The molecule has 0 aromatic carbocycles. The summed E-state index contributed by atoms with van der Waals surface area (Å²) in [5.74, 6) is -3.03. The summed E-state index contributed by atoms with van der Waals surface area (Å²) in [6, 6.07) is 0. The van der Waals surface area contributed by atoms with Crippen LogP contribution in [0.2, 0.25) is 0 Å². The molecule has 4 nitrogen and oxygen atoms in total. The monoisotopic (exact) mass is 355 g/mol. The molecule has 25 heavy (non-hydrogen) atoms. The van der Waals surface area contributed by atoms with E-state index in [1.165, 1.54) is 77.0 Å². The second-order valence-electron chi connectivity index (χ2n) is 7.19. The Bertz CT molecular complexity index is 328. The van der Waals surface area contributed by atoms with Crippen LogP contribution in [-0.4, -0.2) is 22.2 Å². The maximum Gasteiger partial charge on any atom is 0.308 e. The summed E-state index contributed by atoms with van der Waals surface area (Å²) < 4.78 is 0. The van der Waals surface area contributed by atoms with Crippen molar-refractivity contribution in [3.63, 3.8) is 0 Å². The molecular weight excluding hydrogens is 316 g/mol. The van der Waals surface area contributed by atoms with Crippen molar-refractivity contribution in [1.82, 2.24) is 0 Å². The molecule has 0 fully saturated rings. The van der Waals surface area contributed by atoms with Crippen molar-refractivity contribution in [3.05, 3.63) is 6.42 Å². The molecule has 0 unspecified atom stereocenters. The fraction of sp³-hybridized carbons (Fsp3) is 0.857. The van der Waals surface area contributed by atoms with Gasteiger partial charge in [0.1, 0.15) is 0 Å². The normalized spacial score (nSPS) is 12.2. The molecular formula is C21H39O4. The number of hydrogen-bond acceptors (Lipinski definition) is 2. The summed E-state index contributed by atoms with van der Waals surface area (Å²) in [4.78, 5) is 21.5. The number of unbranched alkanes of at least 4 members (excludes halogenated alkanes) is 14. The van der Waals surface area contributed by atoms with Crippen molar-refractivity contribution in [3.8, 4) is 0 Å². The molecule has 1 radical (unpaired) electrons. The van der Waals surface area contributed by atoms with E-state index in [-0.39, 0.29) is 0 Å². The predicted octanol–water partition coefficient (Wildman–Crippen LogP) is 6.24. The molecule has 147 valence electrons. The smallest absolute Gasteiger partial charge is 0.308 e. The van der Waals surface area contributed by atoms with Crippen LogP contribution in [0.4, 0.5) is 0 Å². The van der Waals surface area contributed by atoms with Gasteiger partial charge in [0, 0.05) is 0 Å². The van der Waals surface area contributed by atoms with Gasteiger partial charge in [-0.25, -0.2) is 0 Å². The van der Waals surface area contributed by atoms with Gasteiger partial charge in [-0.3, -0.25) is 9.59 Å². The molecule has 0 saturated heterocycles. The van der Waals surface area contributed by atoms with E-state index in [2.05, 4.69) is 6.92 Å². The third-order valence-electron chi connectivity index (χ3n) is 4.78. The highest BCUT2D eigenvalue weighted by molar-refractivity contribution is 5.85. The molecule has 0 aromatic rings. The average Bonchev–Trinajstić information content (AvgIpc) is 2.56. The van der Waals surface area contributed by atoms with Crippen LogP contribution in [0, 0.1) is 12.3 Å². The average molecular weight is 356 g/mol. The second-order valence-corrected chi connectivity index (χ2v) is 7.19. The summed E-state index contributed by atoms with van der Waals surface area (Å²) in [5.41, 5.74) is 0. The lowest BCUT2D eigenvalue weighted by Crippen LogP contribution is -2.18. The molecule has 0 amide bonds. The topological polar surface area (TPSA) is 74.6 Å². The van der Waals surface area contributed by atoms with Crippen LogP contribution in [0.3, 0.4) is 0 Å². The summed E-state index contributed by atoms with van der Waals surface area (Å²) in [5, 5.41) is 17.6. The molecule has 0 aliphatic rings. The van der Waals surface area contributed by atoms with E-state index in [0.717, 1.165) is 25.7 Å². The Morgan fingerprint density at radius 3 is 1.36 bits per heavy atom. The van der Waals surface area contributed by atoms with Gasteiger partial charge in [-0.15, -0.1) is 0 Å². The van der Waals surface area contributed by atoms with E-state index in [9.17, 15) is 9.59 Å². The Hall–Kier alpha value is -1.06. The Kier molecular flexibility index (Phi) is 17.0. The van der Waals surface area contributed by atoms with Crippen molar-refractivity contribution in [2.45, 2.75) is 110 Å². The van der Waals surface area contributed by atoms with E-state index in [1.807, 2.05) is 0 Å². The van der Waals surface area contributed by atoms with Crippen LogP contribution in [0.25, 0.3) is 0 Å². The molecule has 0 rings (SSSR count). The first-order chi connectivity index (χ1) is 12.1. The molecule has 1 atom stereocenters. The number of aliphatic carboxylic acids is 2. The number of carboxylic acid groups (broad SMARTS) is 2. The highest BCUT2D eigenvalue weighted by Crippen LogP contribution is 2.16. The number of carbonyl (C=O) groups is 2. The SMILES string of the molecule is CCCCCCCCCCCCCCCCC[C@H]([CH]C(=O)O)C(=O)O. The lowest BCUT2D eigenvalue weighted by Gasteiger charge is -2.09. The number of hydrogen-bond donors (Lipinski definition) is 2. The second kappa shape index (κ2) is 17.8. The fourth-order valence-corrected chi connectivity index (χ4v) is 3.19. The van der Waals surface area contributed by atoms with Crippen LogP contribution in [0.1, 0.15) is 110 Å². The van der Waals surface area contributed by atoms with Crippen LogP contribution >= 0.6 is 0 Å². The molecule has 0 aliphatic carbocycles. The Morgan fingerprint density at radius 2 is 1.04 bits per heavy atom. The minimum absolute atomic E-state index is 0.430. The standard InChI is InChI=1S/C21H39O4/c1-2-3-4-5-6-7-8-9-10-11-12-13-14-15-16-17-19(21(24)25)18-20(22)23/h18-19H,2-17H2,1H3,(H,22,23)(H,24,25)/t19-/m1/s1. The first-order valence-electron chi connectivity index (χ1n) is 10.4. The zero-order chi connectivity index (χ0) is 18.8. The molecule has 0 spiro atoms. The first-order valence-corrected chi connectivity index (χ1v) is 10.4. The van der Waals surface area contributed by atoms with Gasteiger partial charge in [-0.05, 0) is 6.42 Å². The van der Waals surface area contributed by atoms with Gasteiger partial charge in [-0.1, -0.05) is 103 Å². The van der Waals surface area contributed by atoms with E-state index in [1.54, 1.807) is 0 Å². The van der Waals surface area contributed by atoms with Crippen LogP contribution in [-0.2, 0) is 9.59 Å². The van der Waals surface area contributed by atoms with Gasteiger partial charge >= 0.3 is 11.9 Å². The van der Waals surface area contributed by atoms with E-state index < -0.39 is 17.9 Å². The zero-order valence-corrected chi connectivity index (χ0v) is 16.2. The van der Waals surface area contributed by atoms with Gasteiger partial charge in [-0.2, -0.15) is 0 Å². The Morgan fingerprint density at radius 1 is 0.680 bits per heavy atom. The summed E-state index contributed by atoms with van der Waals surface area (Å²) in [6.07, 6.45) is 20.4. The molecule has 0 bridgehead atoms. The maximum absolute atomic E-state index is 10.9. The Labute approximate surface area is 154 Å². The third kappa shape index (κ3) is 17.6. The first kappa shape index (κ1) is 23.9. The predicted molar refractivity (Wildman–Crippen MR) is 103 cm³/mol. The zero-order valence-electron chi connectivity index (χ0n) is 16.2. The lowest BCUT2D eigenvalue weighted by atomic mass is 9.97. The van der Waals surface area contributed by atoms with Crippen molar-refractivity contribution in [2.24, 2.45) is 5.92 Å². The maximum atomic E-state index is 10.9. The molecule has 2 N–H and O–H groups in total. The van der Waals surface area contributed by atoms with Crippen molar-refractivity contribution in [1.29, 1.82) is 0 Å². The Balaban J connectivity index is 3.28. The van der Waals surface area contributed by atoms with E-state index in [0.29, 0.717) is 6.42 Å². The summed E-state index contributed by atoms with van der Waals surface area (Å²) in [6.45, 7) is 2.25. The minimum Gasteiger partial charge on any atom is -0.481 e. The molecule has 0 aromatic heterocycles. The quantitative estimate of drug-likeness (QED) is 0.269. The molecule has 0 saturated carbocycles.